The minimum atomic E-state index is 0.172. The van der Waals surface area contributed by atoms with Crippen molar-refractivity contribution in [2.45, 2.75) is 25.7 Å². The van der Waals surface area contributed by atoms with Crippen LogP contribution in [0.15, 0.2) is 53.6 Å². The van der Waals surface area contributed by atoms with Crippen LogP contribution >= 0.6 is 0 Å². The summed E-state index contributed by atoms with van der Waals surface area (Å²) in [7, 11) is 0. The fourth-order valence-corrected chi connectivity index (χ4v) is 4.35. The highest BCUT2D eigenvalue weighted by Crippen LogP contribution is 2.22. The van der Waals surface area contributed by atoms with Gasteiger partial charge in [-0.05, 0) is 48.9 Å². The van der Waals surface area contributed by atoms with E-state index in [-0.39, 0.29) is 5.75 Å². The summed E-state index contributed by atoms with van der Waals surface area (Å²) in [5, 5.41) is 14.7. The lowest BCUT2D eigenvalue weighted by Gasteiger charge is -2.30. The number of nitrogens with one attached hydrogen (secondary N) is 1. The molecule has 3 aromatic rings. The minimum absolute atomic E-state index is 0.172. The minimum Gasteiger partial charge on any atom is -0.507 e. The molecule has 0 amide bonds. The van der Waals surface area contributed by atoms with Crippen molar-refractivity contribution < 1.29 is 9.84 Å². The number of rotatable bonds is 7. The molecule has 1 aromatic heterocycles. The van der Waals surface area contributed by atoms with Crippen LogP contribution in [0, 0.1) is 0 Å². The molecule has 2 aromatic carbocycles. The second-order valence-electron chi connectivity index (χ2n) is 8.83. The maximum atomic E-state index is 10.3. The SMILES string of the molecule is Oc1ccc(Cc2ccccc2)cc1/C=N/Nc1nc(N2CCCCC2)nc(N2CCOCC2)n1. The maximum Gasteiger partial charge on any atom is 0.250 e. The number of aromatic nitrogens is 3. The van der Waals surface area contributed by atoms with Gasteiger partial charge in [-0.25, -0.2) is 5.43 Å². The third-order valence-corrected chi connectivity index (χ3v) is 6.26. The van der Waals surface area contributed by atoms with Crippen LogP contribution in [0.4, 0.5) is 17.8 Å². The predicted octanol–water partition coefficient (Wildman–Crippen LogP) is 3.44. The smallest absolute Gasteiger partial charge is 0.250 e. The van der Waals surface area contributed by atoms with Crippen molar-refractivity contribution in [2.75, 3.05) is 54.6 Å². The molecule has 0 radical (unpaired) electrons. The average molecular weight is 474 g/mol. The second-order valence-corrected chi connectivity index (χ2v) is 8.83. The summed E-state index contributed by atoms with van der Waals surface area (Å²) in [4.78, 5) is 18.3. The van der Waals surface area contributed by atoms with Gasteiger partial charge in [0, 0.05) is 31.7 Å². The lowest BCUT2D eigenvalue weighted by molar-refractivity contribution is 0.122. The molecule has 0 saturated carbocycles. The Bertz CT molecular complexity index is 1110. The van der Waals surface area contributed by atoms with Gasteiger partial charge in [-0.1, -0.05) is 36.4 Å². The molecule has 2 N–H and O–H groups in total. The number of phenols is 1. The van der Waals surface area contributed by atoms with E-state index in [1.165, 1.54) is 12.0 Å². The normalized spacial score (nSPS) is 16.6. The van der Waals surface area contributed by atoms with E-state index in [9.17, 15) is 5.11 Å². The van der Waals surface area contributed by atoms with E-state index in [4.69, 9.17) is 9.72 Å². The Balaban J connectivity index is 1.34. The first kappa shape index (κ1) is 23.0. The fraction of sp³-hybridized carbons (Fsp3) is 0.385. The van der Waals surface area contributed by atoms with Crippen LogP contribution in [0.25, 0.3) is 0 Å². The van der Waals surface area contributed by atoms with E-state index in [2.05, 4.69) is 42.4 Å². The van der Waals surface area contributed by atoms with Crippen LogP contribution in [0.3, 0.4) is 0 Å². The zero-order valence-electron chi connectivity index (χ0n) is 19.8. The first-order valence-electron chi connectivity index (χ1n) is 12.2. The fourth-order valence-electron chi connectivity index (χ4n) is 4.35. The molecule has 9 heteroatoms. The Morgan fingerprint density at radius 3 is 2.31 bits per heavy atom. The standard InChI is InChI=1S/C26H31N7O2/c34-23-10-9-21(17-20-7-3-1-4-8-20)18-22(23)19-27-31-24-28-25(32-11-5-2-6-12-32)30-26(29-24)33-13-15-35-16-14-33/h1,3-4,7-10,18-19,34H,2,5-6,11-17H2,(H,28,29,30,31)/b27-19+. The molecule has 2 saturated heterocycles. The number of anilines is 3. The van der Waals surface area contributed by atoms with Crippen molar-refractivity contribution in [3.8, 4) is 5.75 Å². The number of benzene rings is 2. The van der Waals surface area contributed by atoms with E-state index in [0.29, 0.717) is 36.6 Å². The average Bonchev–Trinajstić information content (AvgIpc) is 2.92. The highest BCUT2D eigenvalue weighted by molar-refractivity contribution is 5.84. The third-order valence-electron chi connectivity index (χ3n) is 6.26. The second kappa shape index (κ2) is 11.1. The van der Waals surface area contributed by atoms with Crippen LogP contribution in [0.1, 0.15) is 36.0 Å². The van der Waals surface area contributed by atoms with Crippen molar-refractivity contribution in [2.24, 2.45) is 5.10 Å². The molecule has 9 nitrogen and oxygen atoms in total. The molecule has 3 heterocycles. The number of hydrogen-bond acceptors (Lipinski definition) is 9. The molecule has 182 valence electrons. The van der Waals surface area contributed by atoms with Crippen molar-refractivity contribution in [1.29, 1.82) is 0 Å². The summed E-state index contributed by atoms with van der Waals surface area (Å²) in [5.41, 5.74) is 5.90. The van der Waals surface area contributed by atoms with E-state index in [1.54, 1.807) is 12.3 Å². The first-order valence-corrected chi connectivity index (χ1v) is 12.2. The topological polar surface area (TPSA) is 99.0 Å². The van der Waals surface area contributed by atoms with Gasteiger partial charge in [-0.15, -0.1) is 0 Å². The van der Waals surface area contributed by atoms with Gasteiger partial charge in [0.05, 0.1) is 19.4 Å². The van der Waals surface area contributed by atoms with E-state index < -0.39 is 0 Å². The van der Waals surface area contributed by atoms with Crippen LogP contribution < -0.4 is 15.2 Å². The molecule has 0 spiro atoms. The molecule has 0 unspecified atom stereocenters. The molecular weight excluding hydrogens is 442 g/mol. The van der Waals surface area contributed by atoms with Crippen LogP contribution in [0.5, 0.6) is 5.75 Å². The number of hydrogen-bond donors (Lipinski definition) is 2. The van der Waals surface area contributed by atoms with E-state index in [0.717, 1.165) is 51.0 Å². The maximum absolute atomic E-state index is 10.3. The highest BCUT2D eigenvalue weighted by atomic mass is 16.5. The van der Waals surface area contributed by atoms with E-state index >= 15 is 0 Å². The Morgan fingerprint density at radius 1 is 0.857 bits per heavy atom. The van der Waals surface area contributed by atoms with E-state index in [1.807, 2.05) is 30.3 Å². The van der Waals surface area contributed by atoms with Gasteiger partial charge in [0.25, 0.3) is 0 Å². The molecule has 2 aliphatic rings. The van der Waals surface area contributed by atoms with Crippen molar-refractivity contribution >= 4 is 24.1 Å². The Labute approximate surface area is 205 Å². The number of piperidine rings is 1. The summed E-state index contributed by atoms with van der Waals surface area (Å²) >= 11 is 0. The van der Waals surface area contributed by atoms with Gasteiger partial charge in [0.1, 0.15) is 5.75 Å². The lowest BCUT2D eigenvalue weighted by atomic mass is 10.0. The molecule has 35 heavy (non-hydrogen) atoms. The molecule has 2 aliphatic heterocycles. The molecular formula is C26H31N7O2. The Kier molecular flexibility index (Phi) is 7.33. The number of phenolic OH excluding ortho intramolecular Hbond substituents is 1. The Hall–Kier alpha value is -3.72. The predicted molar refractivity (Wildman–Crippen MR) is 137 cm³/mol. The number of aromatic hydroxyl groups is 1. The quantitative estimate of drug-likeness (QED) is 0.398. The largest absolute Gasteiger partial charge is 0.507 e. The summed E-state index contributed by atoms with van der Waals surface area (Å²) < 4.78 is 5.48. The monoisotopic (exact) mass is 473 g/mol. The van der Waals surface area contributed by atoms with Crippen LogP contribution in [0.2, 0.25) is 0 Å². The zero-order chi connectivity index (χ0) is 23.9. The molecule has 0 atom stereocenters. The lowest BCUT2D eigenvalue weighted by Crippen LogP contribution is -2.38. The van der Waals surface area contributed by atoms with Crippen LogP contribution in [-0.4, -0.2) is 65.7 Å². The van der Waals surface area contributed by atoms with Gasteiger partial charge in [0.2, 0.25) is 17.8 Å². The Morgan fingerprint density at radius 2 is 1.57 bits per heavy atom. The van der Waals surface area contributed by atoms with Crippen molar-refractivity contribution in [3.05, 3.63) is 65.2 Å². The molecule has 0 bridgehead atoms. The van der Waals surface area contributed by atoms with Gasteiger partial charge in [0.15, 0.2) is 0 Å². The summed E-state index contributed by atoms with van der Waals surface area (Å²) in [6.45, 7) is 4.69. The van der Waals surface area contributed by atoms with Crippen molar-refractivity contribution in [3.63, 3.8) is 0 Å². The molecule has 2 fully saturated rings. The summed E-state index contributed by atoms with van der Waals surface area (Å²) in [6, 6.07) is 15.8. The first-order chi connectivity index (χ1) is 17.2. The third kappa shape index (κ3) is 6.05. The highest BCUT2D eigenvalue weighted by Gasteiger charge is 2.20. The number of ether oxygens (including phenoxy) is 1. The molecule has 0 aliphatic carbocycles. The van der Waals surface area contributed by atoms with Gasteiger partial charge >= 0.3 is 0 Å². The molecule has 5 rings (SSSR count). The van der Waals surface area contributed by atoms with Crippen LogP contribution in [-0.2, 0) is 11.2 Å². The number of nitrogens with zero attached hydrogens (tertiary/aromatic N) is 6. The number of morpholine rings is 1. The van der Waals surface area contributed by atoms with Gasteiger partial charge in [-0.3, -0.25) is 0 Å². The van der Waals surface area contributed by atoms with Gasteiger partial charge < -0.3 is 19.6 Å². The summed E-state index contributed by atoms with van der Waals surface area (Å²) in [5.74, 6) is 1.87. The zero-order valence-corrected chi connectivity index (χ0v) is 19.8. The van der Waals surface area contributed by atoms with Crippen molar-refractivity contribution in [1.82, 2.24) is 15.0 Å². The van der Waals surface area contributed by atoms with Gasteiger partial charge in [-0.2, -0.15) is 20.1 Å². The summed E-state index contributed by atoms with van der Waals surface area (Å²) in [6.07, 6.45) is 5.89. The number of hydrazone groups is 1.